The second-order valence-corrected chi connectivity index (χ2v) is 6.91. The molecule has 0 saturated heterocycles. The number of carbonyl (C=O) groups is 1. The summed E-state index contributed by atoms with van der Waals surface area (Å²) in [6, 6.07) is 0.295. The highest BCUT2D eigenvalue weighted by atomic mass is 79.9. The number of nitrogens with one attached hydrogen (secondary N) is 1. The molecule has 3 heteroatoms. The summed E-state index contributed by atoms with van der Waals surface area (Å²) in [6.45, 7) is 4.21. The van der Waals surface area contributed by atoms with Gasteiger partial charge in [0, 0.05) is 16.8 Å². The first-order chi connectivity index (χ1) is 7.06. The zero-order chi connectivity index (χ0) is 11.0. The summed E-state index contributed by atoms with van der Waals surface area (Å²) in [6.07, 6.45) is 4.68. The lowest BCUT2D eigenvalue weighted by molar-refractivity contribution is -0.125. The van der Waals surface area contributed by atoms with Crippen LogP contribution in [0.25, 0.3) is 0 Å². The monoisotopic (exact) mass is 273 g/mol. The first-order valence-corrected chi connectivity index (χ1v) is 6.92. The molecule has 0 spiro atoms. The first kappa shape index (κ1) is 11.4. The molecule has 0 aromatic heterocycles. The third kappa shape index (κ3) is 2.96. The minimum atomic E-state index is 0.294. The van der Waals surface area contributed by atoms with Gasteiger partial charge in [-0.15, -0.1) is 0 Å². The van der Waals surface area contributed by atoms with Crippen LogP contribution in [0, 0.1) is 17.8 Å². The van der Waals surface area contributed by atoms with Gasteiger partial charge in [-0.05, 0) is 44.4 Å². The third-order valence-corrected chi connectivity index (χ3v) is 4.06. The average Bonchev–Trinajstić information content (AvgIpc) is 2.71. The Hall–Kier alpha value is -0.0500. The third-order valence-electron chi connectivity index (χ3n) is 3.68. The molecule has 2 rings (SSSR count). The molecule has 0 radical (unpaired) electrons. The molecule has 1 N–H and O–H groups in total. The number of rotatable bonds is 4. The molecular weight excluding hydrogens is 254 g/mol. The number of amides is 1. The van der Waals surface area contributed by atoms with Gasteiger partial charge in [0.05, 0.1) is 0 Å². The van der Waals surface area contributed by atoms with Crippen molar-refractivity contribution in [3.63, 3.8) is 0 Å². The summed E-state index contributed by atoms with van der Waals surface area (Å²) in [5.74, 6) is 2.40. The minimum Gasteiger partial charge on any atom is -0.353 e. The van der Waals surface area contributed by atoms with E-state index in [4.69, 9.17) is 0 Å². The quantitative estimate of drug-likeness (QED) is 0.785. The number of carbonyl (C=O) groups excluding carboxylic acids is 1. The first-order valence-electron chi connectivity index (χ1n) is 6.00. The Morgan fingerprint density at radius 1 is 1.33 bits per heavy atom. The molecule has 0 aliphatic heterocycles. The molecule has 0 heterocycles. The maximum absolute atomic E-state index is 11.9. The van der Waals surface area contributed by atoms with E-state index in [-0.39, 0.29) is 0 Å². The van der Waals surface area contributed by atoms with E-state index in [0.29, 0.717) is 22.7 Å². The van der Waals surface area contributed by atoms with Gasteiger partial charge in [0.25, 0.3) is 0 Å². The maximum Gasteiger partial charge on any atom is 0.223 e. The van der Waals surface area contributed by atoms with Crippen LogP contribution in [0.4, 0.5) is 0 Å². The number of fused-ring (bicyclic) bond motifs is 1. The van der Waals surface area contributed by atoms with Crippen molar-refractivity contribution in [3.8, 4) is 0 Å². The summed E-state index contributed by atoms with van der Waals surface area (Å²) < 4.78 is 0. The Morgan fingerprint density at radius 2 is 1.93 bits per heavy atom. The second-order valence-electron chi connectivity index (χ2n) is 5.35. The summed E-state index contributed by atoms with van der Waals surface area (Å²) in [4.78, 5) is 12.4. The summed E-state index contributed by atoms with van der Waals surface area (Å²) in [5.41, 5.74) is 0. The van der Waals surface area contributed by atoms with Gasteiger partial charge in [-0.2, -0.15) is 0 Å². The largest absolute Gasteiger partial charge is 0.353 e. The summed E-state index contributed by atoms with van der Waals surface area (Å²) >= 11 is 3.51. The van der Waals surface area contributed by atoms with Crippen LogP contribution in [0.15, 0.2) is 0 Å². The van der Waals surface area contributed by atoms with Crippen LogP contribution >= 0.6 is 15.9 Å². The van der Waals surface area contributed by atoms with Crippen molar-refractivity contribution in [2.24, 2.45) is 17.8 Å². The Morgan fingerprint density at radius 3 is 2.47 bits per heavy atom. The fraction of sp³-hybridized carbons (Fsp3) is 0.917. The predicted molar refractivity (Wildman–Crippen MR) is 64.9 cm³/mol. The van der Waals surface area contributed by atoms with Gasteiger partial charge in [0.15, 0.2) is 0 Å². The Bertz CT molecular complexity index is 244. The molecule has 1 amide bonds. The standard InChI is InChI=1S/C12H20BrNO/c1-7(13)3-8(2)14-12(15)11-5-9-4-10(9)6-11/h7-11H,3-6H2,1-2H3,(H,14,15). The van der Waals surface area contributed by atoms with Crippen molar-refractivity contribution >= 4 is 21.8 Å². The number of halogens is 1. The lowest BCUT2D eigenvalue weighted by atomic mass is 10.0. The van der Waals surface area contributed by atoms with Crippen LogP contribution in [0.2, 0.25) is 0 Å². The van der Waals surface area contributed by atoms with Gasteiger partial charge in [0.1, 0.15) is 0 Å². The predicted octanol–water partition coefficient (Wildman–Crippen LogP) is 2.71. The van der Waals surface area contributed by atoms with E-state index in [9.17, 15) is 4.79 Å². The molecule has 2 nitrogen and oxygen atoms in total. The number of alkyl halides is 1. The smallest absolute Gasteiger partial charge is 0.223 e. The fourth-order valence-corrected chi connectivity index (χ4v) is 3.40. The van der Waals surface area contributed by atoms with Gasteiger partial charge in [0.2, 0.25) is 5.91 Å². The van der Waals surface area contributed by atoms with Gasteiger partial charge < -0.3 is 5.32 Å². The van der Waals surface area contributed by atoms with Crippen LogP contribution in [-0.4, -0.2) is 16.8 Å². The maximum atomic E-state index is 11.9. The van der Waals surface area contributed by atoms with Crippen molar-refractivity contribution in [2.45, 2.75) is 50.4 Å². The van der Waals surface area contributed by atoms with Crippen LogP contribution in [-0.2, 0) is 4.79 Å². The normalized spacial score (nSPS) is 36.9. The molecule has 0 aromatic rings. The molecule has 4 unspecified atom stereocenters. The van der Waals surface area contributed by atoms with E-state index in [1.54, 1.807) is 0 Å². The van der Waals surface area contributed by atoms with Crippen LogP contribution < -0.4 is 5.32 Å². The van der Waals surface area contributed by atoms with Gasteiger partial charge >= 0.3 is 0 Å². The molecule has 4 atom stereocenters. The lowest BCUT2D eigenvalue weighted by Crippen LogP contribution is -2.37. The Kier molecular flexibility index (Phi) is 3.39. The molecule has 0 bridgehead atoms. The second kappa shape index (κ2) is 4.44. The van der Waals surface area contributed by atoms with E-state index in [2.05, 4.69) is 35.1 Å². The fourth-order valence-electron chi connectivity index (χ4n) is 2.84. The highest BCUT2D eigenvalue weighted by molar-refractivity contribution is 9.09. The molecule has 2 saturated carbocycles. The lowest BCUT2D eigenvalue weighted by Gasteiger charge is -2.18. The Balaban J connectivity index is 1.72. The average molecular weight is 274 g/mol. The van der Waals surface area contributed by atoms with Crippen molar-refractivity contribution in [3.05, 3.63) is 0 Å². The molecule has 2 aliphatic rings. The molecule has 2 aliphatic carbocycles. The van der Waals surface area contributed by atoms with E-state index >= 15 is 0 Å². The highest BCUT2D eigenvalue weighted by Gasteiger charge is 2.48. The number of hydrogen-bond acceptors (Lipinski definition) is 1. The van der Waals surface area contributed by atoms with E-state index in [1.165, 1.54) is 6.42 Å². The summed E-state index contributed by atoms with van der Waals surface area (Å²) in [7, 11) is 0. The minimum absolute atomic E-state index is 0.294. The molecule has 0 aromatic carbocycles. The molecule has 86 valence electrons. The van der Waals surface area contributed by atoms with Crippen molar-refractivity contribution in [2.75, 3.05) is 0 Å². The Labute approximate surface area is 100 Å². The highest BCUT2D eigenvalue weighted by Crippen LogP contribution is 2.54. The van der Waals surface area contributed by atoms with E-state index in [1.807, 2.05) is 0 Å². The van der Waals surface area contributed by atoms with Crippen molar-refractivity contribution in [1.29, 1.82) is 0 Å². The van der Waals surface area contributed by atoms with Crippen LogP contribution in [0.1, 0.15) is 39.5 Å². The van der Waals surface area contributed by atoms with Crippen LogP contribution in [0.5, 0.6) is 0 Å². The zero-order valence-electron chi connectivity index (χ0n) is 9.50. The summed E-state index contributed by atoms with van der Waals surface area (Å²) in [5, 5.41) is 3.13. The SMILES string of the molecule is CC(Br)CC(C)NC(=O)C1CC2CC2C1. The molecular formula is C12H20BrNO. The molecule has 15 heavy (non-hydrogen) atoms. The van der Waals surface area contributed by atoms with Crippen molar-refractivity contribution < 1.29 is 4.79 Å². The van der Waals surface area contributed by atoms with Gasteiger partial charge in [-0.1, -0.05) is 22.9 Å². The topological polar surface area (TPSA) is 29.1 Å². The van der Waals surface area contributed by atoms with Gasteiger partial charge in [-0.3, -0.25) is 4.79 Å². The van der Waals surface area contributed by atoms with Crippen LogP contribution in [0.3, 0.4) is 0 Å². The van der Waals surface area contributed by atoms with Crippen molar-refractivity contribution in [1.82, 2.24) is 5.32 Å². The van der Waals surface area contributed by atoms with E-state index < -0.39 is 0 Å². The number of hydrogen-bond donors (Lipinski definition) is 1. The molecule has 2 fully saturated rings. The zero-order valence-corrected chi connectivity index (χ0v) is 11.1. The van der Waals surface area contributed by atoms with Gasteiger partial charge in [-0.25, -0.2) is 0 Å². The van der Waals surface area contributed by atoms with E-state index in [0.717, 1.165) is 31.1 Å².